The molecule has 0 aromatic rings. The van der Waals surface area contributed by atoms with Gasteiger partial charge in [-0.3, -0.25) is 0 Å². The van der Waals surface area contributed by atoms with Gasteiger partial charge >= 0.3 is 0 Å². The third-order valence-corrected chi connectivity index (χ3v) is 3.85. The number of rotatable bonds is 0. The summed E-state index contributed by atoms with van der Waals surface area (Å²) in [6.07, 6.45) is 2.01. The first-order valence-corrected chi connectivity index (χ1v) is 4.40. The zero-order valence-corrected chi connectivity index (χ0v) is 7.30. The average Bonchev–Trinajstić information content (AvgIpc) is 1.93. The van der Waals surface area contributed by atoms with E-state index in [9.17, 15) is 5.11 Å². The number of fused-ring (bicyclic) bond motifs is 2. The highest BCUT2D eigenvalue weighted by Gasteiger charge is 2.54. The van der Waals surface area contributed by atoms with Crippen LogP contribution in [0.4, 0.5) is 0 Å². The van der Waals surface area contributed by atoms with Crippen molar-refractivity contribution in [3.8, 4) is 0 Å². The van der Waals surface area contributed by atoms with E-state index in [0.717, 1.165) is 17.9 Å². The summed E-state index contributed by atoms with van der Waals surface area (Å²) in [5.41, 5.74) is 1.51. The molecule has 3 atom stereocenters. The van der Waals surface area contributed by atoms with Crippen LogP contribution < -0.4 is 0 Å². The van der Waals surface area contributed by atoms with Gasteiger partial charge in [-0.1, -0.05) is 20.4 Å². The second-order valence-electron chi connectivity index (χ2n) is 4.63. The zero-order valence-electron chi connectivity index (χ0n) is 7.30. The van der Waals surface area contributed by atoms with Crippen LogP contribution in [0.5, 0.6) is 0 Å². The van der Waals surface area contributed by atoms with E-state index in [1.54, 1.807) is 0 Å². The fourth-order valence-electron chi connectivity index (χ4n) is 2.70. The standard InChI is InChI=1S/C10H16O/c1-6-8-4-7(5-9(6)11)10(8,2)3/h7-9,11H,1,4-5H2,2-3H3/t7-,8+,9?/m1/s1. The lowest BCUT2D eigenvalue weighted by atomic mass is 9.47. The van der Waals surface area contributed by atoms with Gasteiger partial charge in [0.2, 0.25) is 0 Å². The van der Waals surface area contributed by atoms with Crippen LogP contribution in [0, 0.1) is 17.3 Å². The molecule has 11 heavy (non-hydrogen) atoms. The highest BCUT2D eigenvalue weighted by molar-refractivity contribution is 5.22. The van der Waals surface area contributed by atoms with Crippen LogP contribution in [-0.2, 0) is 0 Å². The lowest BCUT2D eigenvalue weighted by molar-refractivity contribution is -0.0705. The van der Waals surface area contributed by atoms with E-state index in [4.69, 9.17) is 0 Å². The van der Waals surface area contributed by atoms with Crippen molar-refractivity contribution in [1.82, 2.24) is 0 Å². The summed E-state index contributed by atoms with van der Waals surface area (Å²) in [5, 5.41) is 9.51. The molecule has 3 saturated carbocycles. The molecule has 0 aliphatic heterocycles. The van der Waals surface area contributed by atoms with Gasteiger partial charge in [0.1, 0.15) is 0 Å². The van der Waals surface area contributed by atoms with E-state index < -0.39 is 0 Å². The first kappa shape index (κ1) is 7.35. The van der Waals surface area contributed by atoms with Crippen molar-refractivity contribution >= 4 is 0 Å². The first-order valence-electron chi connectivity index (χ1n) is 4.40. The molecule has 1 unspecified atom stereocenters. The molecule has 0 aromatic carbocycles. The predicted octanol–water partition coefficient (Wildman–Crippen LogP) is 1.97. The normalized spacial score (nSPS) is 46.8. The number of hydrogen-bond acceptors (Lipinski definition) is 1. The summed E-state index contributed by atoms with van der Waals surface area (Å²) in [7, 11) is 0. The van der Waals surface area contributed by atoms with Gasteiger partial charge in [-0.25, -0.2) is 0 Å². The monoisotopic (exact) mass is 152 g/mol. The molecule has 1 N–H and O–H groups in total. The Morgan fingerprint density at radius 2 is 2.09 bits per heavy atom. The van der Waals surface area contributed by atoms with Crippen molar-refractivity contribution in [2.75, 3.05) is 0 Å². The second-order valence-corrected chi connectivity index (χ2v) is 4.63. The Kier molecular flexibility index (Phi) is 1.26. The molecule has 3 aliphatic carbocycles. The van der Waals surface area contributed by atoms with E-state index in [0.29, 0.717) is 11.3 Å². The van der Waals surface area contributed by atoms with Gasteiger partial charge in [-0.15, -0.1) is 0 Å². The Morgan fingerprint density at radius 1 is 1.45 bits per heavy atom. The SMILES string of the molecule is C=C1C(O)C[C@H]2C[C@@H]1C2(C)C. The molecule has 0 spiro atoms. The van der Waals surface area contributed by atoms with Crippen LogP contribution in [0.1, 0.15) is 26.7 Å². The zero-order chi connectivity index (χ0) is 8.22. The molecule has 0 saturated heterocycles. The lowest BCUT2D eigenvalue weighted by Crippen LogP contribution is -2.53. The van der Waals surface area contributed by atoms with E-state index in [2.05, 4.69) is 20.4 Å². The fourth-order valence-corrected chi connectivity index (χ4v) is 2.70. The third kappa shape index (κ3) is 0.750. The van der Waals surface area contributed by atoms with Gasteiger partial charge < -0.3 is 5.11 Å². The van der Waals surface area contributed by atoms with Gasteiger partial charge in [-0.2, -0.15) is 0 Å². The second kappa shape index (κ2) is 1.89. The summed E-state index contributed by atoms with van der Waals surface area (Å²) in [6.45, 7) is 8.55. The molecular formula is C10H16O. The Bertz CT molecular complexity index is 205. The van der Waals surface area contributed by atoms with E-state index >= 15 is 0 Å². The number of hydrogen-bond donors (Lipinski definition) is 1. The summed E-state index contributed by atoms with van der Waals surface area (Å²) in [4.78, 5) is 0. The van der Waals surface area contributed by atoms with Crippen LogP contribution in [0.3, 0.4) is 0 Å². The number of aliphatic hydroxyl groups is 1. The molecule has 1 nitrogen and oxygen atoms in total. The molecule has 0 radical (unpaired) electrons. The molecular weight excluding hydrogens is 136 g/mol. The molecule has 0 aromatic heterocycles. The quantitative estimate of drug-likeness (QED) is 0.526. The molecule has 0 amide bonds. The van der Waals surface area contributed by atoms with Crippen molar-refractivity contribution in [1.29, 1.82) is 0 Å². The number of aliphatic hydroxyl groups excluding tert-OH is 1. The first-order chi connectivity index (χ1) is 5.03. The van der Waals surface area contributed by atoms with Crippen LogP contribution in [0.2, 0.25) is 0 Å². The summed E-state index contributed by atoms with van der Waals surface area (Å²) in [6, 6.07) is 0. The van der Waals surface area contributed by atoms with E-state index in [1.165, 1.54) is 6.42 Å². The van der Waals surface area contributed by atoms with Crippen LogP contribution >= 0.6 is 0 Å². The minimum absolute atomic E-state index is 0.202. The molecule has 1 heteroatoms. The van der Waals surface area contributed by atoms with Crippen molar-refractivity contribution in [2.45, 2.75) is 32.8 Å². The molecule has 3 aliphatic rings. The van der Waals surface area contributed by atoms with Crippen molar-refractivity contribution < 1.29 is 5.11 Å². The summed E-state index contributed by atoms with van der Waals surface area (Å²) < 4.78 is 0. The van der Waals surface area contributed by atoms with E-state index in [-0.39, 0.29) is 6.10 Å². The van der Waals surface area contributed by atoms with Crippen LogP contribution in [0.25, 0.3) is 0 Å². The maximum Gasteiger partial charge on any atom is 0.0753 e. The van der Waals surface area contributed by atoms with Gasteiger partial charge in [-0.05, 0) is 35.7 Å². The van der Waals surface area contributed by atoms with Gasteiger partial charge in [0.25, 0.3) is 0 Å². The smallest absolute Gasteiger partial charge is 0.0753 e. The third-order valence-electron chi connectivity index (χ3n) is 3.85. The Labute approximate surface area is 68.1 Å². The minimum atomic E-state index is -0.202. The Hall–Kier alpha value is -0.300. The van der Waals surface area contributed by atoms with Gasteiger partial charge in [0, 0.05) is 0 Å². The van der Waals surface area contributed by atoms with Crippen LogP contribution in [0.15, 0.2) is 12.2 Å². The fraction of sp³-hybridized carbons (Fsp3) is 0.800. The summed E-state index contributed by atoms with van der Waals surface area (Å²) >= 11 is 0. The van der Waals surface area contributed by atoms with Gasteiger partial charge in [0.15, 0.2) is 0 Å². The largest absolute Gasteiger partial charge is 0.389 e. The molecule has 3 fully saturated rings. The lowest BCUT2D eigenvalue weighted by Gasteiger charge is -2.59. The highest BCUT2D eigenvalue weighted by atomic mass is 16.3. The predicted molar refractivity (Wildman–Crippen MR) is 45.1 cm³/mol. The Morgan fingerprint density at radius 3 is 2.45 bits per heavy atom. The maximum absolute atomic E-state index is 9.51. The molecule has 0 heterocycles. The maximum atomic E-state index is 9.51. The van der Waals surface area contributed by atoms with Crippen molar-refractivity contribution in [3.05, 3.63) is 12.2 Å². The summed E-state index contributed by atoms with van der Waals surface area (Å²) in [5.74, 6) is 1.34. The van der Waals surface area contributed by atoms with E-state index in [1.807, 2.05) is 0 Å². The molecule has 3 rings (SSSR count). The van der Waals surface area contributed by atoms with Crippen molar-refractivity contribution in [3.63, 3.8) is 0 Å². The average molecular weight is 152 g/mol. The minimum Gasteiger partial charge on any atom is -0.389 e. The topological polar surface area (TPSA) is 20.2 Å². The molecule has 2 bridgehead atoms. The molecule has 62 valence electrons. The van der Waals surface area contributed by atoms with Gasteiger partial charge in [0.05, 0.1) is 6.10 Å². The van der Waals surface area contributed by atoms with Crippen LogP contribution in [-0.4, -0.2) is 11.2 Å². The highest BCUT2D eigenvalue weighted by Crippen LogP contribution is 2.60. The Balaban J connectivity index is 2.23. The van der Waals surface area contributed by atoms with Crippen molar-refractivity contribution in [2.24, 2.45) is 17.3 Å².